The number of hydrogen-bond donors (Lipinski definition) is 4. The molecule has 168 valence electrons. The van der Waals surface area contributed by atoms with Gasteiger partial charge in [-0.05, 0) is 50.7 Å². The Kier molecular flexibility index (Phi) is 4.89. The van der Waals surface area contributed by atoms with Gasteiger partial charge in [-0.25, -0.2) is 0 Å². The Bertz CT molecular complexity index is 1180. The van der Waals surface area contributed by atoms with Gasteiger partial charge in [-0.15, -0.1) is 0 Å². The Morgan fingerprint density at radius 3 is 2.38 bits per heavy atom. The summed E-state index contributed by atoms with van der Waals surface area (Å²) in [7, 11) is 0. The molecule has 32 heavy (non-hydrogen) atoms. The molecule has 8 nitrogen and oxygen atoms in total. The minimum Gasteiger partial charge on any atom is -0.508 e. The highest BCUT2D eigenvalue weighted by Gasteiger charge is 2.60. The molecule has 4 rings (SSSR count). The monoisotopic (exact) mass is 440 g/mol. The van der Waals surface area contributed by atoms with Crippen molar-refractivity contribution in [1.29, 1.82) is 0 Å². The summed E-state index contributed by atoms with van der Waals surface area (Å²) in [4.78, 5) is 49.3. The summed E-state index contributed by atoms with van der Waals surface area (Å²) < 4.78 is 0. The number of aryl methyl sites for hydroxylation is 1. The molecule has 1 saturated carbocycles. The van der Waals surface area contributed by atoms with Crippen molar-refractivity contribution in [3.8, 4) is 5.75 Å². The summed E-state index contributed by atoms with van der Waals surface area (Å²) in [5.41, 5.74) is -1.58. The second-order valence-electron chi connectivity index (χ2n) is 9.03. The molecule has 0 aromatic heterocycles. The molecule has 2 unspecified atom stereocenters. The first-order chi connectivity index (χ1) is 14.9. The number of hydrogen-bond acceptors (Lipinski definition) is 8. The fourth-order valence-electron chi connectivity index (χ4n) is 5.46. The predicted octanol–water partition coefficient (Wildman–Crippen LogP) is 1.97. The quantitative estimate of drug-likeness (QED) is 0.521. The van der Waals surface area contributed by atoms with E-state index in [0.717, 1.165) is 12.5 Å². The number of ketones is 4. The zero-order chi connectivity index (χ0) is 23.7. The largest absolute Gasteiger partial charge is 0.508 e. The fourth-order valence-corrected chi connectivity index (χ4v) is 5.46. The van der Waals surface area contributed by atoms with Crippen LogP contribution in [0, 0.1) is 18.8 Å². The van der Waals surface area contributed by atoms with Crippen LogP contribution >= 0.6 is 0 Å². The van der Waals surface area contributed by atoms with E-state index < -0.39 is 51.9 Å². The third kappa shape index (κ3) is 2.86. The highest BCUT2D eigenvalue weighted by molar-refractivity contribution is 6.23. The van der Waals surface area contributed by atoms with Crippen molar-refractivity contribution < 1.29 is 39.6 Å². The number of rotatable bonds is 3. The van der Waals surface area contributed by atoms with E-state index in [2.05, 4.69) is 0 Å². The average Bonchev–Trinajstić information content (AvgIpc) is 2.68. The van der Waals surface area contributed by atoms with E-state index in [-0.39, 0.29) is 48.4 Å². The van der Waals surface area contributed by atoms with Crippen LogP contribution in [0.1, 0.15) is 48.9 Å². The van der Waals surface area contributed by atoms with E-state index in [4.69, 9.17) is 0 Å². The standard InChI is InChI=1S/C24H24O8/c1-9-4-13(5-10(2)25)20(28)19-15(9)7-12-6-14-8-16(27)17(11(3)26)22(30)24(14,32)23(31)18(12)21(19)29/h4,12,14,28-30,32H,5-8H2,1-3H3/t12?,14?,24-/m0/s1. The van der Waals surface area contributed by atoms with E-state index in [1.54, 1.807) is 13.0 Å². The first-order valence-electron chi connectivity index (χ1n) is 10.4. The molecule has 0 radical (unpaired) electrons. The van der Waals surface area contributed by atoms with Gasteiger partial charge in [-0.2, -0.15) is 0 Å². The summed E-state index contributed by atoms with van der Waals surface area (Å²) >= 11 is 0. The SMILES string of the molecule is CC(=O)Cc1cc(C)c2c(c1O)C(O)=C1C(=O)[C@@]3(O)C(O)=C(C(C)=O)C(=O)CC3CC1C2. The third-order valence-electron chi connectivity index (χ3n) is 6.91. The van der Waals surface area contributed by atoms with Gasteiger partial charge in [0.1, 0.15) is 28.6 Å². The minimum atomic E-state index is -2.51. The van der Waals surface area contributed by atoms with E-state index in [1.165, 1.54) is 6.92 Å². The number of aromatic hydroxyl groups is 1. The van der Waals surface area contributed by atoms with Gasteiger partial charge in [0.2, 0.25) is 5.78 Å². The maximum absolute atomic E-state index is 13.5. The number of phenols is 1. The smallest absolute Gasteiger partial charge is 0.202 e. The highest BCUT2D eigenvalue weighted by Crippen LogP contribution is 2.52. The van der Waals surface area contributed by atoms with Gasteiger partial charge in [0, 0.05) is 29.9 Å². The van der Waals surface area contributed by atoms with Crippen LogP contribution in [0.5, 0.6) is 5.75 Å². The maximum Gasteiger partial charge on any atom is 0.202 e. The molecule has 4 N–H and O–H groups in total. The molecular weight excluding hydrogens is 416 g/mol. The zero-order valence-electron chi connectivity index (χ0n) is 18.0. The number of carbonyl (C=O) groups excluding carboxylic acids is 4. The molecule has 0 bridgehead atoms. The summed E-state index contributed by atoms with van der Waals surface area (Å²) in [6, 6.07) is 1.67. The molecule has 3 aliphatic carbocycles. The Morgan fingerprint density at radius 2 is 1.78 bits per heavy atom. The molecule has 0 aliphatic heterocycles. The molecule has 1 fully saturated rings. The van der Waals surface area contributed by atoms with Crippen LogP contribution in [0.3, 0.4) is 0 Å². The third-order valence-corrected chi connectivity index (χ3v) is 6.91. The lowest BCUT2D eigenvalue weighted by atomic mass is 9.59. The number of aliphatic hydroxyl groups is 3. The first kappa shape index (κ1) is 22.0. The Hall–Kier alpha value is -3.26. The summed E-state index contributed by atoms with van der Waals surface area (Å²) in [6.07, 6.45) is 0.0580. The molecule has 3 aliphatic rings. The number of carbonyl (C=O) groups is 4. The molecule has 0 amide bonds. The lowest BCUT2D eigenvalue weighted by Crippen LogP contribution is -2.57. The van der Waals surface area contributed by atoms with Crippen molar-refractivity contribution in [3.63, 3.8) is 0 Å². The topological polar surface area (TPSA) is 149 Å². The van der Waals surface area contributed by atoms with Gasteiger partial charge in [0.25, 0.3) is 0 Å². The van der Waals surface area contributed by atoms with Crippen molar-refractivity contribution in [2.24, 2.45) is 11.8 Å². The number of Topliss-reactive ketones (excluding diaryl/α,β-unsaturated/α-hetero) is 4. The fraction of sp³-hybridized carbons (Fsp3) is 0.417. The molecule has 1 aromatic carbocycles. The highest BCUT2D eigenvalue weighted by atomic mass is 16.3. The van der Waals surface area contributed by atoms with Gasteiger partial charge >= 0.3 is 0 Å². The lowest BCUT2D eigenvalue weighted by Gasteiger charge is -2.46. The molecule has 3 atom stereocenters. The van der Waals surface area contributed by atoms with Crippen molar-refractivity contribution in [2.45, 2.75) is 52.1 Å². The van der Waals surface area contributed by atoms with Crippen molar-refractivity contribution in [1.82, 2.24) is 0 Å². The maximum atomic E-state index is 13.5. The van der Waals surface area contributed by atoms with Crippen LogP contribution < -0.4 is 0 Å². The molecular formula is C24H24O8. The van der Waals surface area contributed by atoms with E-state index in [1.807, 2.05) is 0 Å². The van der Waals surface area contributed by atoms with Crippen LogP contribution in [0.2, 0.25) is 0 Å². The number of phenolic OH excluding ortho intramolecular Hbond substituents is 1. The van der Waals surface area contributed by atoms with Crippen molar-refractivity contribution in [3.05, 3.63) is 45.2 Å². The van der Waals surface area contributed by atoms with E-state index >= 15 is 0 Å². The number of aliphatic hydroxyl groups excluding tert-OH is 2. The van der Waals surface area contributed by atoms with Gasteiger partial charge in [0.05, 0.1) is 5.56 Å². The Balaban J connectivity index is 1.93. The van der Waals surface area contributed by atoms with E-state index in [0.29, 0.717) is 11.1 Å². The second-order valence-corrected chi connectivity index (χ2v) is 9.03. The van der Waals surface area contributed by atoms with E-state index in [9.17, 15) is 39.6 Å². The van der Waals surface area contributed by atoms with Gasteiger partial charge in [-0.3, -0.25) is 19.2 Å². The van der Waals surface area contributed by atoms with Crippen LogP contribution in [-0.4, -0.2) is 49.2 Å². The van der Waals surface area contributed by atoms with Crippen molar-refractivity contribution >= 4 is 28.9 Å². The Labute approximate surface area is 183 Å². The van der Waals surface area contributed by atoms with Gasteiger partial charge in [0.15, 0.2) is 17.2 Å². The predicted molar refractivity (Wildman–Crippen MR) is 112 cm³/mol. The number of allylic oxidation sites excluding steroid dienone is 1. The number of fused-ring (bicyclic) bond motifs is 3. The average molecular weight is 440 g/mol. The Morgan fingerprint density at radius 1 is 1.12 bits per heavy atom. The summed E-state index contributed by atoms with van der Waals surface area (Å²) in [5, 5.41) is 43.7. The summed E-state index contributed by atoms with van der Waals surface area (Å²) in [6.45, 7) is 4.21. The van der Waals surface area contributed by atoms with Crippen LogP contribution in [0.4, 0.5) is 0 Å². The zero-order valence-corrected chi connectivity index (χ0v) is 18.0. The second kappa shape index (κ2) is 7.13. The number of benzene rings is 1. The van der Waals surface area contributed by atoms with Gasteiger partial charge < -0.3 is 20.4 Å². The molecule has 0 heterocycles. The molecule has 1 aromatic rings. The van der Waals surface area contributed by atoms with Crippen LogP contribution in [-0.2, 0) is 32.0 Å². The molecule has 0 spiro atoms. The first-order valence-corrected chi connectivity index (χ1v) is 10.4. The summed E-state index contributed by atoms with van der Waals surface area (Å²) in [5.74, 6) is -5.87. The van der Waals surface area contributed by atoms with Gasteiger partial charge in [-0.1, -0.05) is 6.07 Å². The lowest BCUT2D eigenvalue weighted by molar-refractivity contribution is -0.147. The minimum absolute atomic E-state index is 0.0325. The molecule has 0 saturated heterocycles. The molecule has 8 heteroatoms. The van der Waals surface area contributed by atoms with Crippen LogP contribution in [0.15, 0.2) is 23.0 Å². The van der Waals surface area contributed by atoms with Crippen LogP contribution in [0.25, 0.3) is 5.76 Å². The normalized spacial score (nSPS) is 27.1. The van der Waals surface area contributed by atoms with Crippen molar-refractivity contribution in [2.75, 3.05) is 0 Å².